The van der Waals surface area contributed by atoms with Gasteiger partial charge in [-0.15, -0.1) is 11.3 Å². The van der Waals surface area contributed by atoms with Crippen molar-refractivity contribution in [3.05, 3.63) is 70.8 Å². The number of nitrogens with one attached hydrogen (secondary N) is 2. The molecule has 3 aromatic heterocycles. The van der Waals surface area contributed by atoms with E-state index in [0.717, 1.165) is 56.6 Å². The highest BCUT2D eigenvalue weighted by Crippen LogP contribution is 2.38. The zero-order valence-corrected chi connectivity index (χ0v) is 22.0. The van der Waals surface area contributed by atoms with Crippen molar-refractivity contribution in [1.82, 2.24) is 34.5 Å². The number of hydrogen-bond donors (Lipinski definition) is 2. The fraction of sp³-hybridized carbons (Fsp3) is 0.370. The second-order valence-electron chi connectivity index (χ2n) is 10.2. The Morgan fingerprint density at radius 2 is 2.08 bits per heavy atom. The predicted molar refractivity (Wildman–Crippen MR) is 143 cm³/mol. The van der Waals surface area contributed by atoms with Gasteiger partial charge in [0.25, 0.3) is 11.8 Å². The summed E-state index contributed by atoms with van der Waals surface area (Å²) in [5.41, 5.74) is 3.37. The first-order valence-corrected chi connectivity index (χ1v) is 14.1. The molecule has 0 radical (unpaired) electrons. The van der Waals surface area contributed by atoms with Gasteiger partial charge in [0.1, 0.15) is 5.82 Å². The Kier molecular flexibility index (Phi) is 6.00. The zero-order chi connectivity index (χ0) is 26.5. The van der Waals surface area contributed by atoms with Crippen molar-refractivity contribution in [3.8, 4) is 11.1 Å². The van der Waals surface area contributed by atoms with E-state index >= 15 is 4.39 Å². The van der Waals surface area contributed by atoms with Crippen LogP contribution in [0.2, 0.25) is 0 Å². The maximum atomic E-state index is 15.5. The molecule has 1 atom stereocenters. The number of piperidine rings is 1. The van der Waals surface area contributed by atoms with Gasteiger partial charge in [-0.1, -0.05) is 0 Å². The van der Waals surface area contributed by atoms with E-state index in [4.69, 9.17) is 0 Å². The van der Waals surface area contributed by atoms with E-state index in [-0.39, 0.29) is 17.7 Å². The number of carbonyl (C=O) groups excluding carboxylic acids is 2. The molecule has 7 rings (SSSR count). The van der Waals surface area contributed by atoms with Crippen molar-refractivity contribution in [2.75, 3.05) is 18.4 Å². The van der Waals surface area contributed by atoms with Gasteiger partial charge >= 0.3 is 0 Å². The quantitative estimate of drug-likeness (QED) is 0.383. The first-order chi connectivity index (χ1) is 19.1. The van der Waals surface area contributed by atoms with Gasteiger partial charge in [-0.3, -0.25) is 19.6 Å². The molecule has 2 N–H and O–H groups in total. The number of carbonyl (C=O) groups is 2. The standard InChI is InChI=1S/C27H27FN8O2S/c28-21-11-16(17-12-32-36(13-17)18-3-5-29-6-4-18)10-19-20(21)14-35(26(19)38)24(25(37)33-27-30-7-9-39-27)23-22-2-1-8-34(22)15-31-23/h7,9-13,15,18,24,29H,1-6,8,14H2,(H,30,33,37). The molecule has 1 unspecified atom stereocenters. The van der Waals surface area contributed by atoms with Crippen molar-refractivity contribution in [3.63, 3.8) is 0 Å². The zero-order valence-electron chi connectivity index (χ0n) is 21.1. The Morgan fingerprint density at radius 1 is 1.21 bits per heavy atom. The van der Waals surface area contributed by atoms with Gasteiger partial charge in [0, 0.05) is 46.7 Å². The Hall–Kier alpha value is -3.90. The van der Waals surface area contributed by atoms with E-state index in [1.807, 2.05) is 15.4 Å². The lowest BCUT2D eigenvalue weighted by Gasteiger charge is -2.26. The minimum atomic E-state index is -1.01. The third-order valence-corrected chi connectivity index (χ3v) is 8.59. The number of fused-ring (bicyclic) bond motifs is 2. The van der Waals surface area contributed by atoms with Gasteiger partial charge in [0.05, 0.1) is 30.8 Å². The minimum Gasteiger partial charge on any atom is -0.334 e. The molecule has 3 aliphatic rings. The number of halogens is 1. The number of aromatic nitrogens is 5. The summed E-state index contributed by atoms with van der Waals surface area (Å²) < 4.78 is 19.5. The van der Waals surface area contributed by atoms with Crippen LogP contribution >= 0.6 is 11.3 Å². The maximum absolute atomic E-state index is 15.5. The molecule has 3 aliphatic heterocycles. The summed E-state index contributed by atoms with van der Waals surface area (Å²) in [5, 5.41) is 12.9. The number of rotatable bonds is 6. The van der Waals surface area contributed by atoms with Gasteiger partial charge in [0.15, 0.2) is 11.2 Å². The van der Waals surface area contributed by atoms with E-state index in [1.165, 1.54) is 22.3 Å². The molecule has 0 bridgehead atoms. The van der Waals surface area contributed by atoms with Crippen molar-refractivity contribution < 1.29 is 14.0 Å². The molecule has 200 valence electrons. The number of hydrogen-bond acceptors (Lipinski definition) is 7. The van der Waals surface area contributed by atoms with Crippen LogP contribution < -0.4 is 10.6 Å². The Morgan fingerprint density at radius 3 is 2.90 bits per heavy atom. The fourth-order valence-corrected chi connectivity index (χ4v) is 6.46. The molecule has 0 spiro atoms. The van der Waals surface area contributed by atoms with Crippen molar-refractivity contribution >= 4 is 28.3 Å². The summed E-state index contributed by atoms with van der Waals surface area (Å²) in [4.78, 5) is 37.6. The highest BCUT2D eigenvalue weighted by atomic mass is 32.1. The average molecular weight is 547 g/mol. The summed E-state index contributed by atoms with van der Waals surface area (Å²) in [7, 11) is 0. The first-order valence-electron chi connectivity index (χ1n) is 13.2. The van der Waals surface area contributed by atoms with Gasteiger partial charge in [-0.2, -0.15) is 5.10 Å². The van der Waals surface area contributed by atoms with E-state index in [1.54, 1.807) is 30.2 Å². The Bertz CT molecular complexity index is 1560. The third kappa shape index (κ3) is 4.23. The van der Waals surface area contributed by atoms with E-state index < -0.39 is 23.7 Å². The lowest BCUT2D eigenvalue weighted by molar-refractivity contribution is -0.121. The second kappa shape index (κ2) is 9.69. The topological polar surface area (TPSA) is 110 Å². The molecule has 2 amide bonds. The lowest BCUT2D eigenvalue weighted by atomic mass is 10.0. The lowest BCUT2D eigenvalue weighted by Crippen LogP contribution is -2.38. The highest BCUT2D eigenvalue weighted by Gasteiger charge is 2.42. The van der Waals surface area contributed by atoms with Crippen LogP contribution in [-0.2, 0) is 24.3 Å². The Labute approximate surface area is 227 Å². The summed E-state index contributed by atoms with van der Waals surface area (Å²) in [5.74, 6) is -1.28. The van der Waals surface area contributed by atoms with Gasteiger partial charge < -0.3 is 14.8 Å². The van der Waals surface area contributed by atoms with E-state index in [0.29, 0.717) is 22.4 Å². The summed E-state index contributed by atoms with van der Waals surface area (Å²) in [6, 6.07) is 2.47. The fourth-order valence-electron chi connectivity index (χ4n) is 5.92. The van der Waals surface area contributed by atoms with Crippen molar-refractivity contribution in [1.29, 1.82) is 0 Å². The van der Waals surface area contributed by atoms with Gasteiger partial charge in [-0.05, 0) is 56.5 Å². The second-order valence-corrected chi connectivity index (χ2v) is 11.1. The number of imidazole rings is 1. The number of anilines is 1. The van der Waals surface area contributed by atoms with E-state index in [2.05, 4.69) is 25.7 Å². The molecule has 1 aromatic carbocycles. The van der Waals surface area contributed by atoms with Crippen molar-refractivity contribution in [2.45, 2.75) is 50.9 Å². The molecule has 10 nitrogen and oxygen atoms in total. The van der Waals surface area contributed by atoms with Crippen LogP contribution in [0.3, 0.4) is 0 Å². The van der Waals surface area contributed by atoms with Crippen LogP contribution in [0.25, 0.3) is 11.1 Å². The normalized spacial score (nSPS) is 17.9. The summed E-state index contributed by atoms with van der Waals surface area (Å²) in [6.45, 7) is 2.68. The first kappa shape index (κ1) is 24.2. The Balaban J connectivity index is 1.22. The number of thiazole rings is 1. The predicted octanol–water partition coefficient (Wildman–Crippen LogP) is 3.55. The third-order valence-electron chi connectivity index (χ3n) is 7.91. The van der Waals surface area contributed by atoms with Crippen LogP contribution in [0.1, 0.15) is 58.7 Å². The van der Waals surface area contributed by atoms with Crippen LogP contribution in [-0.4, -0.2) is 54.1 Å². The van der Waals surface area contributed by atoms with E-state index in [9.17, 15) is 9.59 Å². The monoisotopic (exact) mass is 546 g/mol. The van der Waals surface area contributed by atoms with Crippen LogP contribution in [0.15, 0.2) is 42.4 Å². The average Bonchev–Trinajstić information content (AvgIpc) is 3.77. The molecule has 0 saturated carbocycles. The summed E-state index contributed by atoms with van der Waals surface area (Å²) in [6.07, 6.45) is 10.6. The number of aryl methyl sites for hydroxylation is 1. The highest BCUT2D eigenvalue weighted by molar-refractivity contribution is 7.13. The molecule has 4 aromatic rings. The molecular formula is C27H27FN8O2S. The largest absolute Gasteiger partial charge is 0.334 e. The minimum absolute atomic E-state index is 0.0170. The summed E-state index contributed by atoms with van der Waals surface area (Å²) >= 11 is 1.29. The van der Waals surface area contributed by atoms with Crippen LogP contribution in [0.5, 0.6) is 0 Å². The SMILES string of the molecule is O=C(Nc1nccs1)C(c1ncn2c1CCC2)N1Cc2c(F)cc(-c3cnn(C4CCNCC4)c3)cc2C1=O. The number of nitrogens with zero attached hydrogens (tertiary/aromatic N) is 6. The van der Waals surface area contributed by atoms with Gasteiger partial charge in [0.2, 0.25) is 0 Å². The van der Waals surface area contributed by atoms with Crippen LogP contribution in [0.4, 0.5) is 9.52 Å². The molecule has 12 heteroatoms. The molecular weight excluding hydrogens is 519 g/mol. The maximum Gasteiger partial charge on any atom is 0.255 e. The molecule has 0 aliphatic carbocycles. The molecule has 6 heterocycles. The number of amides is 2. The smallest absolute Gasteiger partial charge is 0.255 e. The van der Waals surface area contributed by atoms with Gasteiger partial charge in [-0.25, -0.2) is 14.4 Å². The molecule has 39 heavy (non-hydrogen) atoms. The molecule has 1 fully saturated rings. The van der Waals surface area contributed by atoms with Crippen molar-refractivity contribution in [2.24, 2.45) is 0 Å². The van der Waals surface area contributed by atoms with Crippen LogP contribution in [0, 0.1) is 5.82 Å². The molecule has 1 saturated heterocycles. The number of benzene rings is 1.